The van der Waals surface area contributed by atoms with Crippen LogP contribution in [0, 0.1) is 6.92 Å². The molecule has 0 radical (unpaired) electrons. The average Bonchev–Trinajstić information content (AvgIpc) is 2.75. The van der Waals surface area contributed by atoms with Crippen molar-refractivity contribution < 1.29 is 9.59 Å². The highest BCUT2D eigenvalue weighted by molar-refractivity contribution is 6.07. The van der Waals surface area contributed by atoms with Crippen molar-refractivity contribution in [3.63, 3.8) is 0 Å². The fourth-order valence-corrected chi connectivity index (χ4v) is 3.02. The van der Waals surface area contributed by atoms with Crippen molar-refractivity contribution in [1.82, 2.24) is 0 Å². The average molecular weight is 386 g/mol. The SMILES string of the molecule is CCC(C)c1ccc(NC(=O)c2ccc(C)c(NC(=O)c3ccccc3)c2)cc1. The van der Waals surface area contributed by atoms with Gasteiger partial charge in [0.15, 0.2) is 0 Å². The van der Waals surface area contributed by atoms with E-state index in [0.717, 1.165) is 17.7 Å². The first-order valence-electron chi connectivity index (χ1n) is 9.86. The summed E-state index contributed by atoms with van der Waals surface area (Å²) in [5.74, 6) is 0.0797. The van der Waals surface area contributed by atoms with Crippen LogP contribution in [0.15, 0.2) is 72.8 Å². The molecular formula is C25H26N2O2. The minimum absolute atomic E-state index is 0.202. The van der Waals surface area contributed by atoms with Gasteiger partial charge in [0, 0.05) is 22.5 Å². The van der Waals surface area contributed by atoms with Crippen LogP contribution in [0.3, 0.4) is 0 Å². The second kappa shape index (κ2) is 9.20. The lowest BCUT2D eigenvalue weighted by Gasteiger charge is -2.12. The molecule has 0 aliphatic carbocycles. The van der Waals surface area contributed by atoms with Gasteiger partial charge in [0.1, 0.15) is 0 Å². The van der Waals surface area contributed by atoms with Crippen LogP contribution in [0.2, 0.25) is 0 Å². The zero-order valence-electron chi connectivity index (χ0n) is 17.0. The Morgan fingerprint density at radius 3 is 2.14 bits per heavy atom. The molecule has 1 atom stereocenters. The molecule has 0 saturated heterocycles. The Balaban J connectivity index is 1.73. The Kier molecular flexibility index (Phi) is 6.45. The maximum atomic E-state index is 12.7. The first-order valence-corrected chi connectivity index (χ1v) is 9.86. The lowest BCUT2D eigenvalue weighted by molar-refractivity contribution is 0.101. The van der Waals surface area contributed by atoms with Crippen molar-refractivity contribution in [1.29, 1.82) is 0 Å². The third kappa shape index (κ3) is 5.11. The predicted molar refractivity (Wildman–Crippen MR) is 119 cm³/mol. The van der Waals surface area contributed by atoms with Crippen molar-refractivity contribution in [3.8, 4) is 0 Å². The molecule has 0 bridgehead atoms. The zero-order chi connectivity index (χ0) is 20.8. The standard InChI is InChI=1S/C25H26N2O2/c1-4-17(2)19-12-14-22(15-13-19)26-25(29)21-11-10-18(3)23(16-21)27-24(28)20-8-6-5-7-9-20/h5-17H,4H2,1-3H3,(H,26,29)(H,27,28). The van der Waals surface area contributed by atoms with Gasteiger partial charge in [-0.15, -0.1) is 0 Å². The Morgan fingerprint density at radius 2 is 1.48 bits per heavy atom. The van der Waals surface area contributed by atoms with E-state index in [2.05, 4.69) is 24.5 Å². The lowest BCUT2D eigenvalue weighted by atomic mass is 9.98. The molecule has 4 nitrogen and oxygen atoms in total. The Bertz CT molecular complexity index is 995. The summed E-state index contributed by atoms with van der Waals surface area (Å²) in [6, 6.07) is 22.2. The molecule has 0 aliphatic rings. The molecule has 2 N–H and O–H groups in total. The smallest absolute Gasteiger partial charge is 0.255 e. The number of aryl methyl sites for hydroxylation is 1. The molecule has 0 spiro atoms. The molecular weight excluding hydrogens is 360 g/mol. The highest BCUT2D eigenvalue weighted by atomic mass is 16.2. The van der Waals surface area contributed by atoms with Gasteiger partial charge in [-0.2, -0.15) is 0 Å². The normalized spacial score (nSPS) is 11.6. The molecule has 148 valence electrons. The van der Waals surface area contributed by atoms with Crippen LogP contribution >= 0.6 is 0 Å². The summed E-state index contributed by atoms with van der Waals surface area (Å²) >= 11 is 0. The summed E-state index contributed by atoms with van der Waals surface area (Å²) in [5.41, 5.74) is 4.58. The number of hydrogen-bond acceptors (Lipinski definition) is 2. The van der Waals surface area contributed by atoms with E-state index in [1.165, 1.54) is 5.56 Å². The predicted octanol–water partition coefficient (Wildman–Crippen LogP) is 6.01. The number of anilines is 2. The molecule has 0 saturated carbocycles. The molecule has 29 heavy (non-hydrogen) atoms. The van der Waals surface area contributed by atoms with E-state index >= 15 is 0 Å². The molecule has 0 heterocycles. The molecule has 3 rings (SSSR count). The number of carbonyl (C=O) groups excluding carboxylic acids is 2. The van der Waals surface area contributed by atoms with Crippen molar-refractivity contribution in [2.24, 2.45) is 0 Å². The summed E-state index contributed by atoms with van der Waals surface area (Å²) in [4.78, 5) is 25.1. The fourth-order valence-electron chi connectivity index (χ4n) is 3.02. The summed E-state index contributed by atoms with van der Waals surface area (Å²) in [5, 5.41) is 5.82. The summed E-state index contributed by atoms with van der Waals surface area (Å²) in [7, 11) is 0. The van der Waals surface area contributed by atoms with Gasteiger partial charge < -0.3 is 10.6 Å². The van der Waals surface area contributed by atoms with Crippen LogP contribution < -0.4 is 10.6 Å². The van der Waals surface area contributed by atoms with Crippen LogP contribution in [-0.4, -0.2) is 11.8 Å². The molecule has 3 aromatic carbocycles. The van der Waals surface area contributed by atoms with Crippen molar-refractivity contribution in [3.05, 3.63) is 95.1 Å². The van der Waals surface area contributed by atoms with E-state index in [4.69, 9.17) is 0 Å². The third-order valence-electron chi connectivity index (χ3n) is 5.13. The number of benzene rings is 3. The first kappa shape index (κ1) is 20.3. The zero-order valence-corrected chi connectivity index (χ0v) is 17.0. The monoisotopic (exact) mass is 386 g/mol. The van der Waals surface area contributed by atoms with E-state index in [9.17, 15) is 9.59 Å². The minimum Gasteiger partial charge on any atom is -0.322 e. The molecule has 0 fully saturated rings. The molecule has 2 amide bonds. The first-order chi connectivity index (χ1) is 14.0. The van der Waals surface area contributed by atoms with Crippen molar-refractivity contribution in [2.75, 3.05) is 10.6 Å². The summed E-state index contributed by atoms with van der Waals surface area (Å²) < 4.78 is 0. The van der Waals surface area contributed by atoms with Crippen LogP contribution in [0.25, 0.3) is 0 Å². The Hall–Kier alpha value is -3.40. The lowest BCUT2D eigenvalue weighted by Crippen LogP contribution is -2.15. The van der Waals surface area contributed by atoms with Crippen molar-refractivity contribution in [2.45, 2.75) is 33.1 Å². The topological polar surface area (TPSA) is 58.2 Å². The largest absolute Gasteiger partial charge is 0.322 e. The second-order valence-corrected chi connectivity index (χ2v) is 7.24. The van der Waals surface area contributed by atoms with Gasteiger partial charge in [-0.3, -0.25) is 9.59 Å². The second-order valence-electron chi connectivity index (χ2n) is 7.24. The van der Waals surface area contributed by atoms with Crippen LogP contribution in [0.5, 0.6) is 0 Å². The molecule has 1 unspecified atom stereocenters. The van der Waals surface area contributed by atoms with Crippen LogP contribution in [0.4, 0.5) is 11.4 Å². The van der Waals surface area contributed by atoms with E-state index in [0.29, 0.717) is 22.7 Å². The molecule has 0 aromatic heterocycles. The maximum absolute atomic E-state index is 12.7. The molecule has 4 heteroatoms. The Labute approximate surface area is 172 Å². The quantitative estimate of drug-likeness (QED) is 0.545. The van der Waals surface area contributed by atoms with E-state index in [1.54, 1.807) is 24.3 Å². The number of nitrogens with one attached hydrogen (secondary N) is 2. The van der Waals surface area contributed by atoms with E-state index in [-0.39, 0.29) is 11.8 Å². The minimum atomic E-state index is -0.212. The van der Waals surface area contributed by atoms with E-state index in [1.807, 2.05) is 55.5 Å². The third-order valence-corrected chi connectivity index (χ3v) is 5.13. The van der Waals surface area contributed by atoms with Crippen LogP contribution in [0.1, 0.15) is 58.0 Å². The number of carbonyl (C=O) groups is 2. The number of hydrogen-bond donors (Lipinski definition) is 2. The van der Waals surface area contributed by atoms with Gasteiger partial charge in [-0.25, -0.2) is 0 Å². The van der Waals surface area contributed by atoms with Gasteiger partial charge in [0.25, 0.3) is 11.8 Å². The van der Waals surface area contributed by atoms with E-state index < -0.39 is 0 Å². The van der Waals surface area contributed by atoms with Gasteiger partial charge in [0.2, 0.25) is 0 Å². The summed E-state index contributed by atoms with van der Waals surface area (Å²) in [6.45, 7) is 6.24. The highest BCUT2D eigenvalue weighted by Gasteiger charge is 2.12. The van der Waals surface area contributed by atoms with Gasteiger partial charge in [0.05, 0.1) is 0 Å². The molecule has 3 aromatic rings. The van der Waals surface area contributed by atoms with Crippen LogP contribution in [-0.2, 0) is 0 Å². The number of amides is 2. The maximum Gasteiger partial charge on any atom is 0.255 e. The van der Waals surface area contributed by atoms with Crippen molar-refractivity contribution >= 4 is 23.2 Å². The molecule has 0 aliphatic heterocycles. The highest BCUT2D eigenvalue weighted by Crippen LogP contribution is 2.22. The number of rotatable bonds is 6. The Morgan fingerprint density at radius 1 is 0.828 bits per heavy atom. The summed E-state index contributed by atoms with van der Waals surface area (Å²) in [6.07, 6.45) is 1.08. The fraction of sp³-hybridized carbons (Fsp3) is 0.200. The van der Waals surface area contributed by atoms with Gasteiger partial charge in [-0.05, 0) is 66.8 Å². The van der Waals surface area contributed by atoms with Gasteiger partial charge >= 0.3 is 0 Å². The van der Waals surface area contributed by atoms with Gasteiger partial charge in [-0.1, -0.05) is 50.2 Å².